The Bertz CT molecular complexity index is 1050. The number of aromatic carboxylic acids is 1. The van der Waals surface area contributed by atoms with E-state index >= 15 is 0 Å². The lowest BCUT2D eigenvalue weighted by atomic mass is 10.2. The van der Waals surface area contributed by atoms with Gasteiger partial charge in [0.25, 0.3) is 0 Å². The van der Waals surface area contributed by atoms with Crippen LogP contribution in [0, 0.1) is 0 Å². The highest BCUT2D eigenvalue weighted by Gasteiger charge is 2.14. The van der Waals surface area contributed by atoms with Crippen molar-refractivity contribution in [2.24, 2.45) is 0 Å². The molecule has 11 nitrogen and oxygen atoms in total. The lowest BCUT2D eigenvalue weighted by Crippen LogP contribution is -2.37. The van der Waals surface area contributed by atoms with Crippen LogP contribution in [0.4, 0.5) is 11.8 Å². The van der Waals surface area contributed by atoms with Gasteiger partial charge in [-0.15, -0.1) is 0 Å². The van der Waals surface area contributed by atoms with E-state index in [0.29, 0.717) is 34.8 Å². The predicted molar refractivity (Wildman–Crippen MR) is 112 cm³/mol. The summed E-state index contributed by atoms with van der Waals surface area (Å²) in [7, 11) is 1.57. The highest BCUT2D eigenvalue weighted by molar-refractivity contribution is 5.93. The first kappa shape index (κ1) is 20.8. The second kappa shape index (κ2) is 9.58. The van der Waals surface area contributed by atoms with Gasteiger partial charge < -0.3 is 29.6 Å². The van der Waals surface area contributed by atoms with E-state index in [-0.39, 0.29) is 11.6 Å². The first-order valence-corrected chi connectivity index (χ1v) is 9.95. The fraction of sp³-hybridized carbons (Fsp3) is 0.400. The molecule has 0 aliphatic carbocycles. The molecule has 2 aromatic heterocycles. The third-order valence-corrected chi connectivity index (χ3v) is 4.94. The molecule has 0 radical (unpaired) electrons. The number of rotatable bonds is 9. The van der Waals surface area contributed by atoms with Crippen molar-refractivity contribution in [2.75, 3.05) is 51.9 Å². The van der Waals surface area contributed by atoms with Gasteiger partial charge >= 0.3 is 5.97 Å². The molecule has 1 aliphatic rings. The highest BCUT2D eigenvalue weighted by Crippen LogP contribution is 2.34. The van der Waals surface area contributed by atoms with Gasteiger partial charge in [-0.2, -0.15) is 0 Å². The number of hydrogen-bond donors (Lipinski definition) is 3. The van der Waals surface area contributed by atoms with Crippen LogP contribution in [-0.2, 0) is 4.74 Å². The maximum absolute atomic E-state index is 11.0. The second-order valence-corrected chi connectivity index (χ2v) is 6.97. The number of carboxylic acid groups (broad SMARTS) is 1. The molecule has 164 valence electrons. The minimum absolute atomic E-state index is 0.0220. The molecule has 3 aromatic rings. The summed E-state index contributed by atoms with van der Waals surface area (Å²) in [6.07, 6.45) is 3.54. The van der Waals surface area contributed by atoms with Crippen molar-refractivity contribution >= 4 is 28.6 Å². The quantitative estimate of drug-likeness (QED) is 0.434. The number of methoxy groups -OCH3 is 1. The summed E-state index contributed by atoms with van der Waals surface area (Å²) in [5, 5.41) is 12.7. The van der Waals surface area contributed by atoms with Crippen LogP contribution in [-0.4, -0.2) is 82.5 Å². The van der Waals surface area contributed by atoms with Crippen molar-refractivity contribution < 1.29 is 24.1 Å². The Morgan fingerprint density at radius 2 is 2.10 bits per heavy atom. The van der Waals surface area contributed by atoms with Crippen molar-refractivity contribution in [3.05, 3.63) is 30.4 Å². The van der Waals surface area contributed by atoms with Gasteiger partial charge in [-0.1, -0.05) is 0 Å². The maximum Gasteiger partial charge on any atom is 0.354 e. The molecular weight excluding hydrogens is 404 g/mol. The van der Waals surface area contributed by atoms with Crippen LogP contribution in [0.2, 0.25) is 0 Å². The molecule has 1 saturated heterocycles. The third kappa shape index (κ3) is 5.01. The zero-order chi connectivity index (χ0) is 21.6. The van der Waals surface area contributed by atoms with Crippen molar-refractivity contribution in [3.8, 4) is 11.5 Å². The predicted octanol–water partition coefficient (Wildman–Crippen LogP) is 1.90. The molecular formula is C20H24N6O5. The second-order valence-electron chi connectivity index (χ2n) is 6.97. The van der Waals surface area contributed by atoms with Gasteiger partial charge in [0.15, 0.2) is 11.5 Å². The Morgan fingerprint density at radius 1 is 1.26 bits per heavy atom. The number of ether oxygens (including phenoxy) is 3. The Hall–Kier alpha value is -3.44. The van der Waals surface area contributed by atoms with Gasteiger partial charge in [-0.3, -0.25) is 4.90 Å². The van der Waals surface area contributed by atoms with Gasteiger partial charge in [0.1, 0.15) is 17.8 Å². The largest absolute Gasteiger partial charge is 0.493 e. The zero-order valence-corrected chi connectivity index (χ0v) is 17.1. The van der Waals surface area contributed by atoms with Crippen LogP contribution < -0.4 is 14.8 Å². The number of hydrogen-bond acceptors (Lipinski definition) is 9. The molecule has 0 bridgehead atoms. The summed E-state index contributed by atoms with van der Waals surface area (Å²) in [6, 6.07) is 3.59. The van der Waals surface area contributed by atoms with Gasteiger partial charge in [-0.05, 0) is 12.5 Å². The van der Waals surface area contributed by atoms with Gasteiger partial charge in [0.05, 0.1) is 38.6 Å². The first-order valence-electron chi connectivity index (χ1n) is 9.95. The molecule has 11 heteroatoms. The smallest absolute Gasteiger partial charge is 0.354 e. The summed E-state index contributed by atoms with van der Waals surface area (Å²) in [5.74, 6) is 0.800. The Labute approximate surface area is 178 Å². The average Bonchev–Trinajstić information content (AvgIpc) is 3.26. The standard InChI is InChI=1S/C20H24N6O5/c1-29-16-9-13-14(10-17(16)31-6-2-3-26-4-7-30-8-5-26)22-12-23-18(13)25-20-21-11-15(24-20)19(27)28/h9-12H,2-8H2,1H3,(H,27,28)(H2,21,22,23,24,25). The van der Waals surface area contributed by atoms with Crippen molar-refractivity contribution in [1.82, 2.24) is 24.8 Å². The molecule has 1 aromatic carbocycles. The maximum atomic E-state index is 11.0. The van der Waals surface area contributed by atoms with E-state index in [9.17, 15) is 4.79 Å². The molecule has 0 amide bonds. The Morgan fingerprint density at radius 3 is 2.84 bits per heavy atom. The summed E-state index contributed by atoms with van der Waals surface area (Å²) in [4.78, 5) is 28.7. The average molecular weight is 428 g/mol. The molecule has 1 aliphatic heterocycles. The first-order chi connectivity index (χ1) is 15.1. The lowest BCUT2D eigenvalue weighted by Gasteiger charge is -2.26. The van der Waals surface area contributed by atoms with E-state index in [1.807, 2.05) is 0 Å². The number of carboxylic acids is 1. The minimum Gasteiger partial charge on any atom is -0.493 e. The van der Waals surface area contributed by atoms with E-state index in [0.717, 1.165) is 39.3 Å². The van der Waals surface area contributed by atoms with E-state index in [4.69, 9.17) is 19.3 Å². The molecule has 31 heavy (non-hydrogen) atoms. The molecule has 0 unspecified atom stereocenters. The molecule has 4 rings (SSSR count). The number of fused-ring (bicyclic) bond motifs is 1. The summed E-state index contributed by atoms with van der Waals surface area (Å²) < 4.78 is 16.8. The number of nitrogens with one attached hydrogen (secondary N) is 2. The Kier molecular flexibility index (Phi) is 6.43. The Balaban J connectivity index is 1.47. The van der Waals surface area contributed by atoms with Crippen molar-refractivity contribution in [1.29, 1.82) is 0 Å². The molecule has 0 atom stereocenters. The number of carbonyl (C=O) groups is 1. The zero-order valence-electron chi connectivity index (χ0n) is 17.1. The van der Waals surface area contributed by atoms with E-state index in [1.165, 1.54) is 12.5 Å². The van der Waals surface area contributed by atoms with Gasteiger partial charge in [-0.25, -0.2) is 19.7 Å². The number of morpholine rings is 1. The van der Waals surface area contributed by atoms with E-state index < -0.39 is 5.97 Å². The van der Waals surface area contributed by atoms with Crippen LogP contribution in [0.3, 0.4) is 0 Å². The number of aromatic nitrogens is 4. The van der Waals surface area contributed by atoms with Crippen LogP contribution in [0.5, 0.6) is 11.5 Å². The summed E-state index contributed by atoms with van der Waals surface area (Å²) >= 11 is 0. The monoisotopic (exact) mass is 428 g/mol. The van der Waals surface area contributed by atoms with E-state index in [1.54, 1.807) is 19.2 Å². The van der Waals surface area contributed by atoms with Crippen molar-refractivity contribution in [2.45, 2.75) is 6.42 Å². The minimum atomic E-state index is -1.09. The molecule has 1 fully saturated rings. The molecule has 3 heterocycles. The topological polar surface area (TPSA) is 135 Å². The number of imidazole rings is 1. The molecule has 0 saturated carbocycles. The number of benzene rings is 1. The summed E-state index contributed by atoms with van der Waals surface area (Å²) in [6.45, 7) is 4.98. The highest BCUT2D eigenvalue weighted by atomic mass is 16.5. The third-order valence-electron chi connectivity index (χ3n) is 4.94. The number of aromatic amines is 1. The van der Waals surface area contributed by atoms with E-state index in [2.05, 4.69) is 30.2 Å². The van der Waals surface area contributed by atoms with Crippen molar-refractivity contribution in [3.63, 3.8) is 0 Å². The van der Waals surface area contributed by atoms with Crippen LogP contribution in [0.25, 0.3) is 10.9 Å². The van der Waals surface area contributed by atoms with Gasteiger partial charge in [0.2, 0.25) is 5.95 Å². The SMILES string of the molecule is COc1cc2c(Nc3ncc(C(=O)O)[nH]3)ncnc2cc1OCCCN1CCOCC1. The molecule has 0 spiro atoms. The van der Waals surface area contributed by atoms with Gasteiger partial charge in [0, 0.05) is 31.1 Å². The lowest BCUT2D eigenvalue weighted by molar-refractivity contribution is 0.0357. The normalized spacial score (nSPS) is 14.5. The fourth-order valence-electron chi connectivity index (χ4n) is 3.34. The van der Waals surface area contributed by atoms with Crippen LogP contribution in [0.15, 0.2) is 24.7 Å². The summed E-state index contributed by atoms with van der Waals surface area (Å²) in [5.41, 5.74) is 0.637. The number of H-pyrrole nitrogens is 1. The van der Waals surface area contributed by atoms with Crippen LogP contribution >= 0.6 is 0 Å². The number of anilines is 2. The fourth-order valence-corrected chi connectivity index (χ4v) is 3.34. The number of nitrogens with zero attached hydrogens (tertiary/aromatic N) is 4. The molecule has 3 N–H and O–H groups in total. The van der Waals surface area contributed by atoms with Crippen LogP contribution in [0.1, 0.15) is 16.9 Å².